The van der Waals surface area contributed by atoms with E-state index in [9.17, 15) is 14.4 Å². The number of ether oxygens (including phenoxy) is 1. The molecule has 0 fully saturated rings. The van der Waals surface area contributed by atoms with Crippen LogP contribution in [0.15, 0.2) is 0 Å². The fourth-order valence-corrected chi connectivity index (χ4v) is 0.923. The van der Waals surface area contributed by atoms with Crippen molar-refractivity contribution in [3.05, 3.63) is 0 Å². The maximum atomic E-state index is 11.1. The normalized spacial score (nSPS) is 9.57. The lowest BCUT2D eigenvalue weighted by molar-refractivity contribution is -0.148. The third-order valence-corrected chi connectivity index (χ3v) is 1.72. The molecular formula is C10H16O4. The highest BCUT2D eigenvalue weighted by Gasteiger charge is 2.13. The van der Waals surface area contributed by atoms with Crippen molar-refractivity contribution in [1.82, 2.24) is 0 Å². The van der Waals surface area contributed by atoms with Gasteiger partial charge < -0.3 is 4.74 Å². The van der Waals surface area contributed by atoms with Crippen LogP contribution in [0.5, 0.6) is 0 Å². The van der Waals surface area contributed by atoms with Gasteiger partial charge in [-0.15, -0.1) is 0 Å². The number of carbonyl (C=O) groups is 3. The summed E-state index contributed by atoms with van der Waals surface area (Å²) >= 11 is 0. The molecule has 0 heterocycles. The molecule has 4 nitrogen and oxygen atoms in total. The molecule has 0 aliphatic carbocycles. The molecule has 0 spiro atoms. The zero-order valence-corrected chi connectivity index (χ0v) is 8.67. The summed E-state index contributed by atoms with van der Waals surface area (Å²) in [5.74, 6) is -1.60. The Labute approximate surface area is 83.6 Å². The van der Waals surface area contributed by atoms with E-state index in [1.54, 1.807) is 0 Å². The summed E-state index contributed by atoms with van der Waals surface area (Å²) in [6.45, 7) is 2.81. The van der Waals surface area contributed by atoms with Gasteiger partial charge in [-0.3, -0.25) is 14.4 Å². The molecule has 0 aliphatic rings. The first-order valence-electron chi connectivity index (χ1n) is 4.77. The second-order valence-corrected chi connectivity index (χ2v) is 3.08. The Morgan fingerprint density at radius 2 is 1.71 bits per heavy atom. The van der Waals surface area contributed by atoms with Crippen LogP contribution in [0.1, 0.15) is 39.5 Å². The van der Waals surface area contributed by atoms with E-state index in [0.29, 0.717) is 0 Å². The van der Waals surface area contributed by atoms with Gasteiger partial charge >= 0.3 is 5.97 Å². The molecule has 4 heteroatoms. The molecule has 0 unspecified atom stereocenters. The van der Waals surface area contributed by atoms with Crippen LogP contribution in [0.2, 0.25) is 0 Å². The summed E-state index contributed by atoms with van der Waals surface area (Å²) in [5, 5.41) is 0. The van der Waals surface area contributed by atoms with Gasteiger partial charge in [0.1, 0.15) is 0 Å². The van der Waals surface area contributed by atoms with Crippen LogP contribution >= 0.6 is 0 Å². The van der Waals surface area contributed by atoms with Crippen molar-refractivity contribution in [2.75, 3.05) is 6.61 Å². The number of esters is 1. The Hall–Kier alpha value is -1.19. The molecule has 80 valence electrons. The fraction of sp³-hybridized carbons (Fsp3) is 0.700. The number of rotatable bonds is 7. The van der Waals surface area contributed by atoms with Crippen molar-refractivity contribution in [2.24, 2.45) is 0 Å². The lowest BCUT2D eigenvalue weighted by Gasteiger charge is -2.00. The lowest BCUT2D eigenvalue weighted by atomic mass is 10.1. The maximum absolute atomic E-state index is 11.1. The van der Waals surface area contributed by atoms with E-state index in [1.807, 2.05) is 6.92 Å². The highest BCUT2D eigenvalue weighted by molar-refractivity contribution is 6.37. The van der Waals surface area contributed by atoms with Crippen molar-refractivity contribution in [2.45, 2.75) is 39.5 Å². The van der Waals surface area contributed by atoms with E-state index in [4.69, 9.17) is 0 Å². The maximum Gasteiger partial charge on any atom is 0.303 e. The first kappa shape index (κ1) is 12.8. The summed E-state index contributed by atoms with van der Waals surface area (Å²) < 4.78 is 4.42. The Morgan fingerprint density at radius 1 is 1.07 bits per heavy atom. The second-order valence-electron chi connectivity index (χ2n) is 3.08. The fourth-order valence-electron chi connectivity index (χ4n) is 0.923. The standard InChI is InChI=1S/C10H16O4/c1-3-4-5-6-9(12)10(13)7-14-8(2)11/h3-7H2,1-2H3. The molecular weight excluding hydrogens is 184 g/mol. The Bertz CT molecular complexity index is 220. The molecule has 0 aliphatic heterocycles. The van der Waals surface area contributed by atoms with Gasteiger partial charge in [0.05, 0.1) is 0 Å². The molecule has 0 atom stereocenters. The monoisotopic (exact) mass is 200 g/mol. The summed E-state index contributed by atoms with van der Waals surface area (Å²) in [4.78, 5) is 32.4. The van der Waals surface area contributed by atoms with E-state index in [1.165, 1.54) is 6.92 Å². The van der Waals surface area contributed by atoms with Crippen LogP contribution in [0, 0.1) is 0 Å². The van der Waals surface area contributed by atoms with Crippen LogP contribution in [-0.4, -0.2) is 24.1 Å². The Kier molecular flexibility index (Phi) is 6.62. The second kappa shape index (κ2) is 7.24. The van der Waals surface area contributed by atoms with Gasteiger partial charge in [0, 0.05) is 13.3 Å². The predicted octanol–water partition coefficient (Wildman–Crippen LogP) is 1.27. The largest absolute Gasteiger partial charge is 0.457 e. The molecule has 14 heavy (non-hydrogen) atoms. The first-order chi connectivity index (χ1) is 6.57. The quantitative estimate of drug-likeness (QED) is 0.353. The molecule has 0 saturated heterocycles. The minimum Gasteiger partial charge on any atom is -0.457 e. The Morgan fingerprint density at radius 3 is 2.21 bits per heavy atom. The van der Waals surface area contributed by atoms with Gasteiger partial charge in [-0.25, -0.2) is 0 Å². The van der Waals surface area contributed by atoms with Crippen LogP contribution in [-0.2, 0) is 19.1 Å². The summed E-state index contributed by atoms with van der Waals surface area (Å²) in [7, 11) is 0. The van der Waals surface area contributed by atoms with Crippen molar-refractivity contribution in [3.8, 4) is 0 Å². The number of ketones is 2. The molecule has 0 amide bonds. The summed E-state index contributed by atoms with van der Waals surface area (Å²) in [5.41, 5.74) is 0. The molecule has 0 aromatic rings. The molecule has 0 saturated carbocycles. The minimum atomic E-state index is -0.615. The Balaban J connectivity index is 3.65. The molecule has 0 aromatic heterocycles. The van der Waals surface area contributed by atoms with Gasteiger partial charge in [-0.1, -0.05) is 19.8 Å². The summed E-state index contributed by atoms with van der Waals surface area (Å²) in [6, 6.07) is 0. The van der Waals surface area contributed by atoms with E-state index >= 15 is 0 Å². The molecule has 0 aromatic carbocycles. The molecule has 0 rings (SSSR count). The van der Waals surface area contributed by atoms with E-state index in [-0.39, 0.29) is 6.42 Å². The van der Waals surface area contributed by atoms with Crippen LogP contribution < -0.4 is 0 Å². The zero-order chi connectivity index (χ0) is 11.0. The first-order valence-corrected chi connectivity index (χ1v) is 4.77. The van der Waals surface area contributed by atoms with E-state index in [2.05, 4.69) is 4.74 Å². The van der Waals surface area contributed by atoms with E-state index < -0.39 is 24.1 Å². The van der Waals surface area contributed by atoms with E-state index in [0.717, 1.165) is 19.3 Å². The highest BCUT2D eigenvalue weighted by atomic mass is 16.5. The van der Waals surface area contributed by atoms with Gasteiger partial charge in [-0.05, 0) is 6.42 Å². The average Bonchev–Trinajstić information content (AvgIpc) is 2.14. The highest BCUT2D eigenvalue weighted by Crippen LogP contribution is 2.00. The SMILES string of the molecule is CCCCCC(=O)C(=O)COC(C)=O. The third kappa shape index (κ3) is 6.34. The van der Waals surface area contributed by atoms with Gasteiger partial charge in [-0.2, -0.15) is 0 Å². The van der Waals surface area contributed by atoms with Crippen LogP contribution in [0.25, 0.3) is 0 Å². The average molecular weight is 200 g/mol. The molecule has 0 radical (unpaired) electrons. The van der Waals surface area contributed by atoms with Crippen LogP contribution in [0.4, 0.5) is 0 Å². The van der Waals surface area contributed by atoms with Gasteiger partial charge in [0.2, 0.25) is 11.6 Å². The lowest BCUT2D eigenvalue weighted by Crippen LogP contribution is -2.20. The number of hydrogen-bond donors (Lipinski definition) is 0. The topological polar surface area (TPSA) is 60.4 Å². The summed E-state index contributed by atoms with van der Waals surface area (Å²) in [6.07, 6.45) is 2.92. The van der Waals surface area contributed by atoms with Gasteiger partial charge in [0.15, 0.2) is 6.61 Å². The zero-order valence-electron chi connectivity index (χ0n) is 8.67. The molecule has 0 bridgehead atoms. The molecule has 0 N–H and O–H groups in total. The van der Waals surface area contributed by atoms with Crippen molar-refractivity contribution >= 4 is 17.5 Å². The van der Waals surface area contributed by atoms with Crippen molar-refractivity contribution < 1.29 is 19.1 Å². The minimum absolute atomic E-state index is 0.258. The smallest absolute Gasteiger partial charge is 0.303 e. The number of Topliss-reactive ketones (excluding diaryl/α,β-unsaturated/α-hetero) is 2. The number of carbonyl (C=O) groups excluding carboxylic acids is 3. The third-order valence-electron chi connectivity index (χ3n) is 1.72. The van der Waals surface area contributed by atoms with Crippen molar-refractivity contribution in [1.29, 1.82) is 0 Å². The number of unbranched alkanes of at least 4 members (excludes halogenated alkanes) is 2. The van der Waals surface area contributed by atoms with Gasteiger partial charge in [0.25, 0.3) is 0 Å². The predicted molar refractivity (Wildman–Crippen MR) is 50.8 cm³/mol. The number of hydrogen-bond acceptors (Lipinski definition) is 4. The van der Waals surface area contributed by atoms with Crippen molar-refractivity contribution in [3.63, 3.8) is 0 Å². The van der Waals surface area contributed by atoms with Crippen LogP contribution in [0.3, 0.4) is 0 Å².